The van der Waals surface area contributed by atoms with E-state index in [1.165, 1.54) is 0 Å². The molecule has 134 valence electrons. The third-order valence-electron chi connectivity index (χ3n) is 5.02. The zero-order valence-electron chi connectivity index (χ0n) is 15.6. The SMILES string of the molecule is COc1ccc2c(c1)c(C1=Cc3ccc(N(C)C)cc3NC1N)cn2C. The summed E-state index contributed by atoms with van der Waals surface area (Å²) in [5.41, 5.74) is 13.2. The van der Waals surface area contributed by atoms with Gasteiger partial charge in [-0.05, 0) is 47.5 Å². The van der Waals surface area contributed by atoms with Crippen LogP contribution in [-0.2, 0) is 7.05 Å². The summed E-state index contributed by atoms with van der Waals surface area (Å²) in [6.07, 6.45) is 4.05. The lowest BCUT2D eigenvalue weighted by molar-refractivity contribution is 0.415. The predicted molar refractivity (Wildman–Crippen MR) is 110 cm³/mol. The van der Waals surface area contributed by atoms with Crippen molar-refractivity contribution in [3.63, 3.8) is 0 Å². The van der Waals surface area contributed by atoms with E-state index in [4.69, 9.17) is 10.5 Å². The molecular weight excluding hydrogens is 324 g/mol. The largest absolute Gasteiger partial charge is 0.497 e. The van der Waals surface area contributed by atoms with Crippen LogP contribution in [0, 0.1) is 0 Å². The minimum Gasteiger partial charge on any atom is -0.497 e. The molecule has 4 rings (SSSR count). The molecule has 0 radical (unpaired) electrons. The van der Waals surface area contributed by atoms with Crippen molar-refractivity contribution in [1.82, 2.24) is 4.57 Å². The number of rotatable bonds is 3. The van der Waals surface area contributed by atoms with Gasteiger partial charge < -0.3 is 25.3 Å². The number of ether oxygens (including phenoxy) is 1. The zero-order chi connectivity index (χ0) is 18.4. The lowest BCUT2D eigenvalue weighted by atomic mass is 9.95. The number of benzene rings is 2. The number of fused-ring (bicyclic) bond motifs is 2. The first kappa shape index (κ1) is 16.5. The standard InChI is InChI=1S/C21H24N4O/c1-24(2)14-6-5-13-9-17(21(22)23-19(13)10-14)18-12-25(3)20-8-7-15(26-4)11-16(18)20/h5-12,21,23H,22H2,1-4H3. The molecule has 0 saturated heterocycles. The Morgan fingerprint density at radius 2 is 1.96 bits per heavy atom. The Kier molecular flexibility index (Phi) is 3.89. The van der Waals surface area contributed by atoms with Gasteiger partial charge in [-0.1, -0.05) is 6.07 Å². The molecule has 0 saturated carbocycles. The fourth-order valence-corrected chi connectivity index (χ4v) is 3.55. The van der Waals surface area contributed by atoms with E-state index in [1.54, 1.807) is 7.11 Å². The lowest BCUT2D eigenvalue weighted by Crippen LogP contribution is -2.33. The first-order valence-electron chi connectivity index (χ1n) is 8.66. The van der Waals surface area contributed by atoms with Gasteiger partial charge in [-0.2, -0.15) is 0 Å². The summed E-state index contributed by atoms with van der Waals surface area (Å²) in [5.74, 6) is 0.846. The first-order chi connectivity index (χ1) is 12.5. The molecule has 2 heterocycles. The number of nitrogens with one attached hydrogen (secondary N) is 1. The van der Waals surface area contributed by atoms with Crippen molar-refractivity contribution in [3.8, 4) is 5.75 Å². The Hall–Kier alpha value is -2.92. The molecule has 3 N–H and O–H groups in total. The number of aromatic nitrogens is 1. The quantitative estimate of drug-likeness (QED) is 0.761. The maximum atomic E-state index is 6.49. The molecule has 0 amide bonds. The highest BCUT2D eigenvalue weighted by Crippen LogP contribution is 2.37. The maximum absolute atomic E-state index is 6.49. The van der Waals surface area contributed by atoms with E-state index in [2.05, 4.69) is 64.4 Å². The number of nitrogens with zero attached hydrogens (tertiary/aromatic N) is 2. The van der Waals surface area contributed by atoms with E-state index in [1.807, 2.05) is 20.2 Å². The summed E-state index contributed by atoms with van der Waals surface area (Å²) in [4.78, 5) is 2.09. The van der Waals surface area contributed by atoms with E-state index in [0.717, 1.165) is 44.7 Å². The predicted octanol–water partition coefficient (Wildman–Crippen LogP) is 3.50. The van der Waals surface area contributed by atoms with Crippen LogP contribution in [0.4, 0.5) is 11.4 Å². The molecule has 0 fully saturated rings. The van der Waals surface area contributed by atoms with Gasteiger partial charge in [-0.3, -0.25) is 0 Å². The molecule has 2 aromatic carbocycles. The van der Waals surface area contributed by atoms with Gasteiger partial charge in [0.05, 0.1) is 7.11 Å². The van der Waals surface area contributed by atoms with Crippen LogP contribution < -0.4 is 20.7 Å². The Bertz CT molecular complexity index is 1020. The molecular formula is C21H24N4O. The summed E-state index contributed by atoms with van der Waals surface area (Å²) in [7, 11) is 7.82. The van der Waals surface area contributed by atoms with Crippen LogP contribution in [0.3, 0.4) is 0 Å². The lowest BCUT2D eigenvalue weighted by Gasteiger charge is -2.26. The van der Waals surface area contributed by atoms with E-state index in [-0.39, 0.29) is 6.17 Å². The number of aryl methyl sites for hydroxylation is 1. The van der Waals surface area contributed by atoms with Crippen molar-refractivity contribution < 1.29 is 4.74 Å². The Morgan fingerprint density at radius 1 is 1.15 bits per heavy atom. The molecule has 1 aromatic heterocycles. The normalized spacial score (nSPS) is 16.0. The average molecular weight is 348 g/mol. The van der Waals surface area contributed by atoms with Crippen LogP contribution in [0.25, 0.3) is 22.6 Å². The van der Waals surface area contributed by atoms with Crippen molar-refractivity contribution in [2.75, 3.05) is 31.4 Å². The molecule has 0 bridgehead atoms. The minimum atomic E-state index is -0.267. The van der Waals surface area contributed by atoms with Crippen LogP contribution in [0.1, 0.15) is 11.1 Å². The summed E-state index contributed by atoms with van der Waals surface area (Å²) in [6, 6.07) is 12.5. The van der Waals surface area contributed by atoms with Crippen LogP contribution in [0.15, 0.2) is 42.6 Å². The molecule has 26 heavy (non-hydrogen) atoms. The van der Waals surface area contributed by atoms with E-state index < -0.39 is 0 Å². The Balaban J connectivity index is 1.86. The number of anilines is 2. The van der Waals surface area contributed by atoms with Crippen molar-refractivity contribution in [1.29, 1.82) is 0 Å². The summed E-state index contributed by atoms with van der Waals surface area (Å²) >= 11 is 0. The van der Waals surface area contributed by atoms with Crippen LogP contribution in [-0.4, -0.2) is 31.9 Å². The second kappa shape index (κ2) is 6.11. The fraction of sp³-hybridized carbons (Fsp3) is 0.238. The fourth-order valence-electron chi connectivity index (χ4n) is 3.55. The molecule has 5 heteroatoms. The molecule has 3 aromatic rings. The summed E-state index contributed by atoms with van der Waals surface area (Å²) in [6.45, 7) is 0. The Labute approximate surface area is 153 Å². The molecule has 1 atom stereocenters. The maximum Gasteiger partial charge on any atom is 0.119 e. The van der Waals surface area contributed by atoms with E-state index >= 15 is 0 Å². The van der Waals surface area contributed by atoms with Gasteiger partial charge in [-0.25, -0.2) is 0 Å². The highest BCUT2D eigenvalue weighted by Gasteiger charge is 2.22. The third kappa shape index (κ3) is 2.61. The number of nitrogens with two attached hydrogens (primary N) is 1. The van der Waals surface area contributed by atoms with Crippen molar-refractivity contribution in [3.05, 3.63) is 53.7 Å². The zero-order valence-corrected chi connectivity index (χ0v) is 15.6. The monoisotopic (exact) mass is 348 g/mol. The smallest absolute Gasteiger partial charge is 0.119 e. The van der Waals surface area contributed by atoms with Gasteiger partial charge in [-0.15, -0.1) is 0 Å². The van der Waals surface area contributed by atoms with Crippen LogP contribution >= 0.6 is 0 Å². The second-order valence-corrected chi connectivity index (χ2v) is 6.92. The molecule has 1 aliphatic heterocycles. The first-order valence-corrected chi connectivity index (χ1v) is 8.66. The number of hydrogen-bond acceptors (Lipinski definition) is 4. The second-order valence-electron chi connectivity index (χ2n) is 6.92. The van der Waals surface area contributed by atoms with Gasteiger partial charge in [0.2, 0.25) is 0 Å². The molecule has 1 unspecified atom stereocenters. The van der Waals surface area contributed by atoms with Crippen LogP contribution in [0.5, 0.6) is 5.75 Å². The molecule has 5 nitrogen and oxygen atoms in total. The Morgan fingerprint density at radius 3 is 2.69 bits per heavy atom. The average Bonchev–Trinajstić information content (AvgIpc) is 2.96. The van der Waals surface area contributed by atoms with Gasteiger partial charge in [0.15, 0.2) is 0 Å². The van der Waals surface area contributed by atoms with E-state index in [9.17, 15) is 0 Å². The van der Waals surface area contributed by atoms with Gasteiger partial charge in [0.1, 0.15) is 11.9 Å². The molecule has 0 aliphatic carbocycles. The molecule has 1 aliphatic rings. The topological polar surface area (TPSA) is 55.4 Å². The highest BCUT2D eigenvalue weighted by molar-refractivity contribution is 6.02. The van der Waals surface area contributed by atoms with Crippen molar-refractivity contribution in [2.45, 2.75) is 6.17 Å². The minimum absolute atomic E-state index is 0.267. The van der Waals surface area contributed by atoms with Gasteiger partial charge >= 0.3 is 0 Å². The van der Waals surface area contributed by atoms with Gasteiger partial charge in [0.25, 0.3) is 0 Å². The molecule has 0 spiro atoms. The van der Waals surface area contributed by atoms with Crippen LogP contribution in [0.2, 0.25) is 0 Å². The third-order valence-corrected chi connectivity index (χ3v) is 5.02. The van der Waals surface area contributed by atoms with Gasteiger partial charge in [0, 0.05) is 55.2 Å². The van der Waals surface area contributed by atoms with Crippen molar-refractivity contribution in [2.24, 2.45) is 12.8 Å². The van der Waals surface area contributed by atoms with Crippen molar-refractivity contribution >= 4 is 33.9 Å². The summed E-state index contributed by atoms with van der Waals surface area (Å²) < 4.78 is 7.54. The number of hydrogen-bond donors (Lipinski definition) is 2. The summed E-state index contributed by atoms with van der Waals surface area (Å²) in [5, 5.41) is 4.59. The number of methoxy groups -OCH3 is 1. The highest BCUT2D eigenvalue weighted by atomic mass is 16.5. The van der Waals surface area contributed by atoms with E-state index in [0.29, 0.717) is 0 Å².